The highest BCUT2D eigenvalue weighted by Crippen LogP contribution is 2.19. The Morgan fingerprint density at radius 2 is 1.75 bits per heavy atom. The number of piperazine rings is 1. The van der Waals surface area contributed by atoms with Crippen LogP contribution in [-0.4, -0.2) is 92.2 Å². The van der Waals surface area contributed by atoms with E-state index in [9.17, 15) is 26.4 Å². The summed E-state index contributed by atoms with van der Waals surface area (Å²) in [4.78, 5) is 35.7. The lowest BCUT2D eigenvalue weighted by Gasteiger charge is -2.40. The molecule has 36 heavy (non-hydrogen) atoms. The van der Waals surface area contributed by atoms with Gasteiger partial charge in [-0.05, 0) is 53.7 Å². The first-order chi connectivity index (χ1) is 16.4. The fraction of sp³-hybridized carbons (Fsp3) is 0.667. The van der Waals surface area contributed by atoms with Gasteiger partial charge in [0.05, 0.1) is 11.4 Å². The fourth-order valence-corrected chi connectivity index (χ4v) is 5.54. The zero-order valence-corrected chi connectivity index (χ0v) is 23.0. The summed E-state index contributed by atoms with van der Waals surface area (Å²) in [6.45, 7) is 9.22. The number of pyridine rings is 1. The maximum Gasteiger partial charge on any atom is 0.411 e. The van der Waals surface area contributed by atoms with Gasteiger partial charge in [-0.3, -0.25) is 19.5 Å². The summed E-state index contributed by atoms with van der Waals surface area (Å²) in [6.07, 6.45) is 1.80. The van der Waals surface area contributed by atoms with Crippen LogP contribution in [0.25, 0.3) is 0 Å². The van der Waals surface area contributed by atoms with Crippen molar-refractivity contribution in [3.8, 4) is 0 Å². The molecule has 13 nitrogen and oxygen atoms in total. The van der Waals surface area contributed by atoms with Gasteiger partial charge in [-0.25, -0.2) is 31.8 Å². The molecule has 1 saturated heterocycles. The number of nitrogens with one attached hydrogen (secondary N) is 2. The molecule has 0 bridgehead atoms. The van der Waals surface area contributed by atoms with Crippen molar-refractivity contribution in [2.24, 2.45) is 0 Å². The molecule has 0 saturated carbocycles. The Hall–Kier alpha value is -2.33. The predicted octanol–water partition coefficient (Wildman–Crippen LogP) is 0.457. The Bertz CT molecular complexity index is 1130. The molecule has 1 aliphatic heterocycles. The fourth-order valence-electron chi connectivity index (χ4n) is 3.07. The van der Waals surface area contributed by atoms with Crippen molar-refractivity contribution < 1.29 is 36.0 Å². The summed E-state index contributed by atoms with van der Waals surface area (Å²) in [5.74, 6) is -1.26. The van der Waals surface area contributed by atoms with E-state index in [2.05, 4.69) is 15.2 Å². The Morgan fingerprint density at radius 3 is 2.31 bits per heavy atom. The van der Waals surface area contributed by atoms with E-state index >= 15 is 0 Å². The van der Waals surface area contributed by atoms with E-state index < -0.39 is 61.6 Å². The van der Waals surface area contributed by atoms with Crippen molar-refractivity contribution in [1.82, 2.24) is 24.4 Å². The van der Waals surface area contributed by atoms with Crippen LogP contribution in [0.4, 0.5) is 4.79 Å². The molecule has 15 heteroatoms. The molecule has 0 unspecified atom stereocenters. The number of sulfonamides is 2. The number of hydrogen-bond donors (Lipinski definition) is 2. The van der Waals surface area contributed by atoms with Gasteiger partial charge in [0.15, 0.2) is 0 Å². The Morgan fingerprint density at radius 1 is 1.08 bits per heavy atom. The molecule has 2 heterocycles. The average Bonchev–Trinajstić information content (AvgIpc) is 2.75. The minimum absolute atomic E-state index is 0.0936. The number of carbonyl (C=O) groups is 2. The Balaban J connectivity index is 2.13. The molecule has 1 fully saturated rings. The molecular weight excluding hydrogens is 514 g/mol. The number of aromatic nitrogens is 1. The number of carbonyl (C=O) groups excluding carboxylic acids is 2. The number of nitrogens with zero attached hydrogens (tertiary/aromatic N) is 3. The second-order valence-corrected chi connectivity index (χ2v) is 14.0. The van der Waals surface area contributed by atoms with Crippen LogP contribution in [-0.2, 0) is 34.4 Å². The van der Waals surface area contributed by atoms with E-state index in [4.69, 9.17) is 9.57 Å². The van der Waals surface area contributed by atoms with E-state index in [-0.39, 0.29) is 24.5 Å². The Kier molecular flexibility index (Phi) is 9.45. The first-order valence-electron chi connectivity index (χ1n) is 11.3. The van der Waals surface area contributed by atoms with Crippen molar-refractivity contribution >= 4 is 32.0 Å². The van der Waals surface area contributed by atoms with Gasteiger partial charge in [-0.1, -0.05) is 0 Å². The minimum Gasteiger partial charge on any atom is -0.444 e. The molecule has 2 N–H and O–H groups in total. The summed E-state index contributed by atoms with van der Waals surface area (Å²) < 4.78 is 59.3. The van der Waals surface area contributed by atoms with Gasteiger partial charge in [0, 0.05) is 38.6 Å². The lowest BCUT2D eigenvalue weighted by molar-refractivity contribution is -0.152. The molecular formula is C21H35N5O8S2. The maximum absolute atomic E-state index is 13.0. The van der Waals surface area contributed by atoms with Gasteiger partial charge in [0.25, 0.3) is 5.91 Å². The molecule has 0 radical (unpaired) electrons. The lowest BCUT2D eigenvalue weighted by Crippen LogP contribution is -2.62. The van der Waals surface area contributed by atoms with Gasteiger partial charge in [-0.15, -0.1) is 0 Å². The van der Waals surface area contributed by atoms with Gasteiger partial charge in [-0.2, -0.15) is 4.31 Å². The molecule has 1 aliphatic rings. The largest absolute Gasteiger partial charge is 0.444 e. The van der Waals surface area contributed by atoms with Gasteiger partial charge in [0.2, 0.25) is 20.0 Å². The third kappa shape index (κ3) is 8.96. The predicted molar refractivity (Wildman–Crippen MR) is 130 cm³/mol. The normalized spacial score (nSPS) is 18.1. The van der Waals surface area contributed by atoms with Crippen LogP contribution in [0.15, 0.2) is 29.4 Å². The standard InChI is InChI=1S/C21H35N5O8S2/c1-20(2,3)33-19(28)26-12-11-25(15-17(26)18(27)24-34-21(4,5)6)35(29,30)13-10-23-36(31,32)16-8-7-9-22-14-16/h7-9,14,17,23H,10-13,15H2,1-6H3,(H,24,27)/t17-/m1/s1. The molecule has 2 amide bonds. The number of rotatable bonds is 8. The van der Waals surface area contributed by atoms with E-state index in [1.54, 1.807) is 41.5 Å². The quantitative estimate of drug-likeness (QED) is 0.438. The lowest BCUT2D eigenvalue weighted by atomic mass is 10.2. The van der Waals surface area contributed by atoms with Crippen molar-refractivity contribution in [2.75, 3.05) is 31.9 Å². The van der Waals surface area contributed by atoms with Crippen LogP contribution in [0.5, 0.6) is 0 Å². The minimum atomic E-state index is -3.99. The van der Waals surface area contributed by atoms with Crippen LogP contribution in [0.1, 0.15) is 41.5 Å². The Labute approximate surface area is 212 Å². The van der Waals surface area contributed by atoms with Crippen LogP contribution >= 0.6 is 0 Å². The molecule has 0 aliphatic carbocycles. The van der Waals surface area contributed by atoms with E-state index in [0.29, 0.717) is 0 Å². The van der Waals surface area contributed by atoms with Gasteiger partial charge in [0.1, 0.15) is 16.5 Å². The van der Waals surface area contributed by atoms with Crippen LogP contribution in [0.2, 0.25) is 0 Å². The van der Waals surface area contributed by atoms with Crippen molar-refractivity contribution in [3.05, 3.63) is 24.5 Å². The summed E-state index contributed by atoms with van der Waals surface area (Å²) in [6, 6.07) is 1.56. The zero-order chi connectivity index (χ0) is 27.4. The van der Waals surface area contributed by atoms with E-state index in [0.717, 1.165) is 15.4 Å². The number of hydroxylamine groups is 1. The van der Waals surface area contributed by atoms with Gasteiger partial charge < -0.3 is 4.74 Å². The molecule has 0 aromatic carbocycles. The van der Waals surface area contributed by atoms with E-state index in [1.807, 2.05) is 0 Å². The van der Waals surface area contributed by atoms with Crippen molar-refractivity contribution in [1.29, 1.82) is 0 Å². The first kappa shape index (κ1) is 29.9. The van der Waals surface area contributed by atoms with E-state index in [1.165, 1.54) is 18.3 Å². The molecule has 2 rings (SSSR count). The van der Waals surface area contributed by atoms with Crippen LogP contribution < -0.4 is 10.2 Å². The van der Waals surface area contributed by atoms with Crippen molar-refractivity contribution in [2.45, 2.75) is 63.7 Å². The maximum atomic E-state index is 13.0. The highest BCUT2D eigenvalue weighted by Gasteiger charge is 2.41. The summed E-state index contributed by atoms with van der Waals surface area (Å²) >= 11 is 0. The summed E-state index contributed by atoms with van der Waals surface area (Å²) in [7, 11) is -7.93. The van der Waals surface area contributed by atoms with Crippen LogP contribution in [0.3, 0.4) is 0 Å². The number of ether oxygens (including phenoxy) is 1. The molecule has 1 aromatic heterocycles. The zero-order valence-electron chi connectivity index (χ0n) is 21.3. The molecule has 0 spiro atoms. The van der Waals surface area contributed by atoms with Crippen molar-refractivity contribution in [3.63, 3.8) is 0 Å². The highest BCUT2D eigenvalue weighted by molar-refractivity contribution is 7.90. The topological polar surface area (TPSA) is 164 Å². The average molecular weight is 550 g/mol. The number of amides is 2. The smallest absolute Gasteiger partial charge is 0.411 e. The van der Waals surface area contributed by atoms with Crippen LogP contribution in [0, 0.1) is 0 Å². The second-order valence-electron chi connectivity index (χ2n) is 10.1. The third-order valence-electron chi connectivity index (χ3n) is 4.72. The SMILES string of the molecule is CC(C)(C)ONC(=O)[C@H]1CN(S(=O)(=O)CCNS(=O)(=O)c2cccnc2)CCN1C(=O)OC(C)(C)C. The molecule has 204 valence electrons. The first-order valence-corrected chi connectivity index (χ1v) is 14.4. The number of hydrogen-bond acceptors (Lipinski definition) is 9. The highest BCUT2D eigenvalue weighted by atomic mass is 32.2. The summed E-state index contributed by atoms with van der Waals surface area (Å²) in [5, 5.41) is 0. The van der Waals surface area contributed by atoms with Gasteiger partial charge >= 0.3 is 6.09 Å². The third-order valence-corrected chi connectivity index (χ3v) is 8.01. The summed E-state index contributed by atoms with van der Waals surface area (Å²) in [5.41, 5.74) is 0.737. The molecule has 1 aromatic rings. The second kappa shape index (κ2) is 11.4. The molecule has 1 atom stereocenters. The monoisotopic (exact) mass is 549 g/mol.